The van der Waals surface area contributed by atoms with Crippen LogP contribution in [-0.2, 0) is 4.79 Å². The van der Waals surface area contributed by atoms with Crippen LogP contribution in [0.5, 0.6) is 0 Å². The van der Waals surface area contributed by atoms with Crippen LogP contribution in [-0.4, -0.2) is 49.6 Å². The number of likely N-dealkylation sites (tertiary alicyclic amines) is 1. The monoisotopic (exact) mass is 343 g/mol. The third kappa shape index (κ3) is 5.21. The number of para-hydroxylation sites is 1. The van der Waals surface area contributed by atoms with Crippen molar-refractivity contribution in [1.29, 1.82) is 0 Å². The van der Waals surface area contributed by atoms with E-state index >= 15 is 0 Å². The van der Waals surface area contributed by atoms with E-state index in [1.54, 1.807) is 0 Å². The van der Waals surface area contributed by atoms with Gasteiger partial charge in [-0.05, 0) is 56.8 Å². The van der Waals surface area contributed by atoms with Crippen molar-refractivity contribution in [3.8, 4) is 0 Å². The van der Waals surface area contributed by atoms with Gasteiger partial charge in [0.15, 0.2) is 0 Å². The number of piperidine rings is 2. The van der Waals surface area contributed by atoms with Crippen LogP contribution in [0.3, 0.4) is 0 Å². The van der Waals surface area contributed by atoms with Crippen molar-refractivity contribution >= 4 is 11.6 Å². The van der Waals surface area contributed by atoms with Gasteiger partial charge in [-0.15, -0.1) is 0 Å². The molecule has 0 atom stereocenters. The van der Waals surface area contributed by atoms with Crippen LogP contribution in [0.25, 0.3) is 0 Å². The molecule has 1 aromatic rings. The maximum absolute atomic E-state index is 12.6. The number of amides is 1. The normalized spacial score (nSPS) is 20.8. The molecule has 1 amide bonds. The number of carbonyl (C=O) groups is 1. The summed E-state index contributed by atoms with van der Waals surface area (Å²) in [5.41, 5.74) is 1.30. The molecule has 0 unspecified atom stereocenters. The van der Waals surface area contributed by atoms with Crippen molar-refractivity contribution in [1.82, 2.24) is 10.2 Å². The molecular weight excluding hydrogens is 310 g/mol. The average Bonchev–Trinajstić information content (AvgIpc) is 2.63. The number of hydrogen-bond acceptors (Lipinski definition) is 3. The summed E-state index contributed by atoms with van der Waals surface area (Å²) in [6.07, 6.45) is 4.13. The third-order valence-corrected chi connectivity index (χ3v) is 5.54. The highest BCUT2D eigenvalue weighted by molar-refractivity contribution is 5.79. The van der Waals surface area contributed by atoms with Gasteiger partial charge in [0.2, 0.25) is 5.91 Å². The number of hydrogen-bond donors (Lipinski definition) is 1. The summed E-state index contributed by atoms with van der Waals surface area (Å²) >= 11 is 0. The molecule has 138 valence electrons. The molecular formula is C21H33N3O. The molecule has 2 saturated heterocycles. The molecule has 0 bridgehead atoms. The van der Waals surface area contributed by atoms with E-state index in [-0.39, 0.29) is 5.92 Å². The zero-order valence-electron chi connectivity index (χ0n) is 15.8. The predicted molar refractivity (Wildman–Crippen MR) is 104 cm³/mol. The van der Waals surface area contributed by atoms with Gasteiger partial charge in [0.25, 0.3) is 0 Å². The third-order valence-electron chi connectivity index (χ3n) is 5.54. The molecule has 1 aromatic carbocycles. The van der Waals surface area contributed by atoms with Gasteiger partial charge in [0.1, 0.15) is 0 Å². The second kappa shape index (κ2) is 8.70. The Labute approximate surface area is 152 Å². The molecule has 2 fully saturated rings. The van der Waals surface area contributed by atoms with E-state index in [4.69, 9.17) is 0 Å². The average molecular weight is 344 g/mol. The molecule has 1 N–H and O–H groups in total. The zero-order chi connectivity index (χ0) is 17.6. The second-order valence-corrected chi connectivity index (χ2v) is 8.07. The van der Waals surface area contributed by atoms with Gasteiger partial charge in [-0.1, -0.05) is 32.0 Å². The summed E-state index contributed by atoms with van der Waals surface area (Å²) in [4.78, 5) is 17.5. The van der Waals surface area contributed by atoms with Gasteiger partial charge in [0, 0.05) is 37.3 Å². The van der Waals surface area contributed by atoms with Crippen LogP contribution in [0.15, 0.2) is 30.3 Å². The van der Waals surface area contributed by atoms with Gasteiger partial charge < -0.3 is 15.1 Å². The fourth-order valence-corrected chi connectivity index (χ4v) is 4.13. The first-order valence-electron chi connectivity index (χ1n) is 9.94. The van der Waals surface area contributed by atoms with E-state index in [9.17, 15) is 4.79 Å². The van der Waals surface area contributed by atoms with Crippen LogP contribution >= 0.6 is 0 Å². The lowest BCUT2D eigenvalue weighted by Gasteiger charge is -2.36. The number of anilines is 1. The highest BCUT2D eigenvalue weighted by Crippen LogP contribution is 2.22. The number of nitrogens with zero attached hydrogens (tertiary/aromatic N) is 2. The maximum atomic E-state index is 12.6. The number of carbonyl (C=O) groups excluding carboxylic acids is 1. The Hall–Kier alpha value is -1.55. The van der Waals surface area contributed by atoms with Crippen LogP contribution in [0.1, 0.15) is 39.5 Å². The minimum atomic E-state index is 0.218. The van der Waals surface area contributed by atoms with Crippen molar-refractivity contribution in [3.63, 3.8) is 0 Å². The van der Waals surface area contributed by atoms with E-state index in [1.165, 1.54) is 5.69 Å². The molecule has 2 aliphatic rings. The summed E-state index contributed by atoms with van der Waals surface area (Å²) in [6.45, 7) is 9.89. The van der Waals surface area contributed by atoms with Crippen LogP contribution < -0.4 is 10.2 Å². The van der Waals surface area contributed by atoms with E-state index in [2.05, 4.69) is 59.3 Å². The Morgan fingerprint density at radius 3 is 2.28 bits per heavy atom. The second-order valence-electron chi connectivity index (χ2n) is 8.07. The Morgan fingerprint density at radius 1 is 1.04 bits per heavy atom. The fraction of sp³-hybridized carbons (Fsp3) is 0.667. The number of benzene rings is 1. The zero-order valence-corrected chi connectivity index (χ0v) is 15.8. The lowest BCUT2D eigenvalue weighted by atomic mass is 9.94. The highest BCUT2D eigenvalue weighted by atomic mass is 16.1. The molecule has 25 heavy (non-hydrogen) atoms. The van der Waals surface area contributed by atoms with Crippen molar-refractivity contribution in [2.75, 3.05) is 37.6 Å². The summed E-state index contributed by atoms with van der Waals surface area (Å²) in [5.74, 6) is 1.22. The molecule has 4 nitrogen and oxygen atoms in total. The highest BCUT2D eigenvalue weighted by Gasteiger charge is 2.28. The van der Waals surface area contributed by atoms with E-state index < -0.39 is 0 Å². The summed E-state index contributed by atoms with van der Waals surface area (Å²) in [6, 6.07) is 10.9. The molecule has 4 heteroatoms. The lowest BCUT2D eigenvalue weighted by Crippen LogP contribution is -2.48. The molecule has 0 radical (unpaired) electrons. The van der Waals surface area contributed by atoms with Crippen molar-refractivity contribution in [3.05, 3.63) is 30.3 Å². The topological polar surface area (TPSA) is 35.6 Å². The quantitative estimate of drug-likeness (QED) is 0.892. The first kappa shape index (κ1) is 18.2. The number of nitrogens with one attached hydrogen (secondary N) is 1. The van der Waals surface area contributed by atoms with Crippen LogP contribution in [0, 0.1) is 11.8 Å². The fourth-order valence-electron chi connectivity index (χ4n) is 4.13. The van der Waals surface area contributed by atoms with Crippen LogP contribution in [0.4, 0.5) is 5.69 Å². The summed E-state index contributed by atoms with van der Waals surface area (Å²) in [5, 5.41) is 3.33. The van der Waals surface area contributed by atoms with Gasteiger partial charge in [-0.3, -0.25) is 4.79 Å². The standard InChI is InChI=1S/C21H33N3O/c1-17(2)16-23-12-8-18(9-13-23)21(25)22-19-10-14-24(15-11-19)20-6-4-3-5-7-20/h3-7,17-19H,8-16H2,1-2H3,(H,22,25). The Morgan fingerprint density at radius 2 is 1.68 bits per heavy atom. The maximum Gasteiger partial charge on any atom is 0.223 e. The first-order chi connectivity index (χ1) is 12.1. The molecule has 0 spiro atoms. The minimum Gasteiger partial charge on any atom is -0.371 e. The first-order valence-corrected chi connectivity index (χ1v) is 9.94. The summed E-state index contributed by atoms with van der Waals surface area (Å²) in [7, 11) is 0. The minimum absolute atomic E-state index is 0.218. The summed E-state index contributed by atoms with van der Waals surface area (Å²) < 4.78 is 0. The molecule has 3 rings (SSSR count). The predicted octanol–water partition coefficient (Wildman–Crippen LogP) is 3.14. The Kier molecular flexibility index (Phi) is 6.35. The molecule has 0 aromatic heterocycles. The molecule has 2 heterocycles. The van der Waals surface area contributed by atoms with Crippen molar-refractivity contribution < 1.29 is 4.79 Å². The van der Waals surface area contributed by atoms with E-state index in [1.807, 2.05) is 0 Å². The van der Waals surface area contributed by atoms with Crippen LogP contribution in [0.2, 0.25) is 0 Å². The molecule has 0 aliphatic carbocycles. The van der Waals surface area contributed by atoms with Gasteiger partial charge in [0.05, 0.1) is 0 Å². The lowest BCUT2D eigenvalue weighted by molar-refractivity contribution is -0.127. The van der Waals surface area contributed by atoms with E-state index in [0.29, 0.717) is 17.9 Å². The van der Waals surface area contributed by atoms with Crippen molar-refractivity contribution in [2.45, 2.75) is 45.6 Å². The molecule has 2 aliphatic heterocycles. The van der Waals surface area contributed by atoms with Gasteiger partial charge in [-0.25, -0.2) is 0 Å². The number of rotatable bonds is 5. The van der Waals surface area contributed by atoms with Gasteiger partial charge in [-0.2, -0.15) is 0 Å². The SMILES string of the molecule is CC(C)CN1CCC(C(=O)NC2CCN(c3ccccc3)CC2)CC1. The van der Waals surface area contributed by atoms with Crippen molar-refractivity contribution in [2.24, 2.45) is 11.8 Å². The Bertz CT molecular complexity index is 529. The largest absolute Gasteiger partial charge is 0.371 e. The Balaban J connectivity index is 1.40. The van der Waals surface area contributed by atoms with Gasteiger partial charge >= 0.3 is 0 Å². The van der Waals surface area contributed by atoms with E-state index in [0.717, 1.165) is 58.4 Å². The molecule has 0 saturated carbocycles. The smallest absolute Gasteiger partial charge is 0.223 e.